The minimum absolute atomic E-state index is 0.0669. The Labute approximate surface area is 194 Å². The van der Waals surface area contributed by atoms with Gasteiger partial charge in [-0.1, -0.05) is 0 Å². The molecule has 1 saturated heterocycles. The zero-order valence-corrected chi connectivity index (χ0v) is 19.5. The van der Waals surface area contributed by atoms with Crippen LogP contribution < -0.4 is 16.1 Å². The highest BCUT2D eigenvalue weighted by molar-refractivity contribution is 7.93. The van der Waals surface area contributed by atoms with Crippen molar-refractivity contribution in [3.63, 3.8) is 0 Å². The molecule has 0 bridgehead atoms. The number of carboxylic acids is 1. The monoisotopic (exact) mass is 479 g/mol. The van der Waals surface area contributed by atoms with Crippen LogP contribution in [0.5, 0.6) is 0 Å². The SMILES string of the molecule is O=C(O)C1CCC(Nc2ccc(S(=O)(=O)C3(C(=O)NO)CCC4(CCNCC4)C3)cc2)CC1. The number of carboxylic acid groups (broad SMARTS) is 1. The summed E-state index contributed by atoms with van der Waals surface area (Å²) in [4.78, 5) is 24.0. The molecule has 1 spiro atoms. The van der Waals surface area contributed by atoms with Crippen molar-refractivity contribution in [3.8, 4) is 0 Å². The molecule has 33 heavy (non-hydrogen) atoms. The van der Waals surface area contributed by atoms with E-state index < -0.39 is 26.5 Å². The number of piperidine rings is 1. The lowest BCUT2D eigenvalue weighted by Crippen LogP contribution is -2.51. The summed E-state index contributed by atoms with van der Waals surface area (Å²) in [5, 5.41) is 25.2. The van der Waals surface area contributed by atoms with E-state index >= 15 is 0 Å². The molecule has 1 heterocycles. The van der Waals surface area contributed by atoms with Gasteiger partial charge in [-0.15, -0.1) is 0 Å². The summed E-state index contributed by atoms with van der Waals surface area (Å²) in [6.07, 6.45) is 5.40. The maximum atomic E-state index is 13.7. The van der Waals surface area contributed by atoms with Gasteiger partial charge in [-0.05, 0) is 101 Å². The van der Waals surface area contributed by atoms with Crippen molar-refractivity contribution in [2.45, 2.75) is 73.5 Å². The van der Waals surface area contributed by atoms with E-state index in [2.05, 4.69) is 10.6 Å². The van der Waals surface area contributed by atoms with E-state index in [9.17, 15) is 23.2 Å². The van der Waals surface area contributed by atoms with Gasteiger partial charge in [0.05, 0.1) is 10.8 Å². The fourth-order valence-electron chi connectivity index (χ4n) is 5.96. The van der Waals surface area contributed by atoms with Gasteiger partial charge in [0.15, 0.2) is 14.6 Å². The van der Waals surface area contributed by atoms with E-state index in [0.717, 1.165) is 44.5 Å². The van der Waals surface area contributed by atoms with Crippen molar-refractivity contribution < 1.29 is 28.3 Å². The number of nitrogens with one attached hydrogen (secondary N) is 3. The molecule has 2 aliphatic carbocycles. The number of carbonyl (C=O) groups is 2. The van der Waals surface area contributed by atoms with E-state index in [1.165, 1.54) is 12.1 Å². The highest BCUT2D eigenvalue weighted by Crippen LogP contribution is 2.54. The summed E-state index contributed by atoms with van der Waals surface area (Å²) in [6, 6.07) is 6.55. The third kappa shape index (κ3) is 4.48. The van der Waals surface area contributed by atoms with Crippen LogP contribution in [0.1, 0.15) is 57.8 Å². The van der Waals surface area contributed by atoms with Crippen molar-refractivity contribution >= 4 is 27.4 Å². The van der Waals surface area contributed by atoms with Gasteiger partial charge in [-0.2, -0.15) is 0 Å². The second-order valence-corrected chi connectivity index (χ2v) is 12.2. The number of rotatable bonds is 6. The minimum atomic E-state index is -4.04. The Morgan fingerprint density at radius 1 is 0.970 bits per heavy atom. The van der Waals surface area contributed by atoms with Crippen LogP contribution in [-0.4, -0.2) is 54.5 Å². The van der Waals surface area contributed by atoms with E-state index in [-0.39, 0.29) is 35.1 Å². The number of benzene rings is 1. The molecule has 1 aliphatic heterocycles. The van der Waals surface area contributed by atoms with Crippen LogP contribution in [0.3, 0.4) is 0 Å². The zero-order chi connectivity index (χ0) is 23.7. The quantitative estimate of drug-likeness (QED) is 0.309. The van der Waals surface area contributed by atoms with Crippen LogP contribution in [0.4, 0.5) is 5.69 Å². The third-order valence-electron chi connectivity index (χ3n) is 8.03. The smallest absolute Gasteiger partial charge is 0.306 e. The molecule has 10 heteroatoms. The number of carbonyl (C=O) groups excluding carboxylic acids is 1. The lowest BCUT2D eigenvalue weighted by molar-refractivity contribution is -0.142. The Morgan fingerprint density at radius 3 is 2.18 bits per heavy atom. The molecule has 0 radical (unpaired) electrons. The number of amides is 1. The maximum absolute atomic E-state index is 13.7. The first-order valence-corrected chi connectivity index (χ1v) is 13.2. The first-order chi connectivity index (χ1) is 15.7. The molecule has 9 nitrogen and oxygen atoms in total. The van der Waals surface area contributed by atoms with Crippen molar-refractivity contribution in [1.82, 2.24) is 10.8 Å². The summed E-state index contributed by atoms with van der Waals surface area (Å²) in [7, 11) is -4.04. The molecule has 1 amide bonds. The molecular formula is C23H33N3O6S. The molecule has 1 aromatic rings. The predicted molar refractivity (Wildman–Crippen MR) is 122 cm³/mol. The van der Waals surface area contributed by atoms with Gasteiger partial charge in [0, 0.05) is 11.7 Å². The average molecular weight is 480 g/mol. The number of aliphatic carboxylic acids is 1. The van der Waals surface area contributed by atoms with E-state index in [1.807, 2.05) is 0 Å². The van der Waals surface area contributed by atoms with Gasteiger partial charge in [0.2, 0.25) is 0 Å². The van der Waals surface area contributed by atoms with Crippen LogP contribution in [-0.2, 0) is 19.4 Å². The fourth-order valence-corrected chi connectivity index (χ4v) is 8.06. The molecule has 182 valence electrons. The Hall–Kier alpha value is -2.17. The fraction of sp³-hybridized carbons (Fsp3) is 0.652. The van der Waals surface area contributed by atoms with Crippen molar-refractivity contribution in [3.05, 3.63) is 24.3 Å². The maximum Gasteiger partial charge on any atom is 0.306 e. The van der Waals surface area contributed by atoms with E-state index in [0.29, 0.717) is 19.3 Å². The number of hydrogen-bond acceptors (Lipinski definition) is 7. The highest BCUT2D eigenvalue weighted by Gasteiger charge is 2.60. The number of hydroxylamine groups is 1. The predicted octanol–water partition coefficient (Wildman–Crippen LogP) is 2.31. The Kier molecular flexibility index (Phi) is 6.70. The Morgan fingerprint density at radius 2 is 1.61 bits per heavy atom. The highest BCUT2D eigenvalue weighted by atomic mass is 32.2. The van der Waals surface area contributed by atoms with E-state index in [1.54, 1.807) is 17.6 Å². The molecule has 3 fully saturated rings. The van der Waals surface area contributed by atoms with Crippen LogP contribution in [0.2, 0.25) is 0 Å². The molecule has 3 aliphatic rings. The lowest BCUT2D eigenvalue weighted by Gasteiger charge is -2.36. The number of anilines is 1. The normalized spacial score (nSPS) is 29.5. The van der Waals surface area contributed by atoms with Crippen LogP contribution in [0.25, 0.3) is 0 Å². The summed E-state index contributed by atoms with van der Waals surface area (Å²) >= 11 is 0. The number of sulfone groups is 1. The van der Waals surface area contributed by atoms with Crippen LogP contribution >= 0.6 is 0 Å². The second-order valence-electron chi connectivity index (χ2n) is 9.92. The average Bonchev–Trinajstić information content (AvgIpc) is 3.20. The second kappa shape index (κ2) is 9.23. The minimum Gasteiger partial charge on any atom is -0.481 e. The van der Waals surface area contributed by atoms with Crippen LogP contribution in [0.15, 0.2) is 29.2 Å². The van der Waals surface area contributed by atoms with Crippen molar-refractivity contribution in [1.29, 1.82) is 0 Å². The van der Waals surface area contributed by atoms with Gasteiger partial charge in [-0.25, -0.2) is 13.9 Å². The molecule has 0 aromatic heterocycles. The first-order valence-electron chi connectivity index (χ1n) is 11.7. The van der Waals surface area contributed by atoms with Gasteiger partial charge < -0.3 is 15.7 Å². The van der Waals surface area contributed by atoms with Gasteiger partial charge >= 0.3 is 5.97 Å². The Balaban J connectivity index is 1.51. The van der Waals surface area contributed by atoms with Gasteiger partial charge in [-0.3, -0.25) is 14.8 Å². The number of hydrogen-bond donors (Lipinski definition) is 5. The first kappa shape index (κ1) is 24.0. The van der Waals surface area contributed by atoms with Crippen molar-refractivity contribution in [2.75, 3.05) is 18.4 Å². The lowest BCUT2D eigenvalue weighted by atomic mass is 9.77. The summed E-state index contributed by atoms with van der Waals surface area (Å²) in [6.45, 7) is 1.59. The van der Waals surface area contributed by atoms with Crippen LogP contribution in [0, 0.1) is 11.3 Å². The van der Waals surface area contributed by atoms with Crippen molar-refractivity contribution in [2.24, 2.45) is 11.3 Å². The molecule has 1 unspecified atom stereocenters. The van der Waals surface area contributed by atoms with Gasteiger partial charge in [0.1, 0.15) is 0 Å². The molecular weight excluding hydrogens is 446 g/mol. The van der Waals surface area contributed by atoms with E-state index in [4.69, 9.17) is 5.11 Å². The largest absolute Gasteiger partial charge is 0.481 e. The molecule has 5 N–H and O–H groups in total. The standard InChI is InChI=1S/C23H33N3O6S/c27-20(28)16-1-3-17(4-2-16)25-18-5-7-19(8-6-18)33(31,32)23(21(29)26-30)10-9-22(15-23)11-13-24-14-12-22/h5-8,16-17,24-25,30H,1-4,9-15H2,(H,26,29)(H,27,28). The topological polar surface area (TPSA) is 145 Å². The van der Waals surface area contributed by atoms with Gasteiger partial charge in [0.25, 0.3) is 5.91 Å². The molecule has 2 saturated carbocycles. The summed E-state index contributed by atoms with van der Waals surface area (Å²) < 4.78 is 25.8. The molecule has 1 atom stereocenters. The third-order valence-corrected chi connectivity index (χ3v) is 10.5. The molecule has 1 aromatic carbocycles. The molecule has 4 rings (SSSR count). The summed E-state index contributed by atoms with van der Waals surface area (Å²) in [5.74, 6) is -1.89. The zero-order valence-electron chi connectivity index (χ0n) is 18.7. The Bertz CT molecular complexity index is 982. The summed E-state index contributed by atoms with van der Waals surface area (Å²) in [5.41, 5.74) is 2.19.